The van der Waals surface area contributed by atoms with Gasteiger partial charge in [0, 0.05) is 18.8 Å². The van der Waals surface area contributed by atoms with Crippen LogP contribution in [-0.2, 0) is 21.2 Å². The zero-order valence-corrected chi connectivity index (χ0v) is 15.9. The van der Waals surface area contributed by atoms with E-state index in [4.69, 9.17) is 5.73 Å². The van der Waals surface area contributed by atoms with Crippen LogP contribution in [0.3, 0.4) is 0 Å². The van der Waals surface area contributed by atoms with E-state index < -0.39 is 15.6 Å². The lowest BCUT2D eigenvalue weighted by Crippen LogP contribution is -2.58. The molecule has 1 amide bonds. The topological polar surface area (TPSA) is 92.5 Å². The molecule has 1 fully saturated rings. The third-order valence-corrected chi connectivity index (χ3v) is 6.79. The molecule has 2 rings (SSSR count). The maximum atomic E-state index is 12.6. The van der Waals surface area contributed by atoms with E-state index in [-0.39, 0.29) is 11.7 Å². The summed E-state index contributed by atoms with van der Waals surface area (Å²) in [5, 5.41) is 2.86. The van der Waals surface area contributed by atoms with Gasteiger partial charge in [-0.25, -0.2) is 12.7 Å². The summed E-state index contributed by atoms with van der Waals surface area (Å²) in [4.78, 5) is 12.6. The summed E-state index contributed by atoms with van der Waals surface area (Å²) in [6, 6.07) is 7.68. The monoisotopic (exact) mass is 367 g/mol. The first-order chi connectivity index (χ1) is 11.8. The Labute approximate surface area is 150 Å². The molecule has 0 bridgehead atoms. The van der Waals surface area contributed by atoms with Gasteiger partial charge < -0.3 is 11.1 Å². The molecule has 1 saturated heterocycles. The van der Waals surface area contributed by atoms with Gasteiger partial charge in [0.2, 0.25) is 15.9 Å². The highest BCUT2D eigenvalue weighted by atomic mass is 32.2. The van der Waals surface area contributed by atoms with Gasteiger partial charge in [-0.15, -0.1) is 0 Å². The summed E-state index contributed by atoms with van der Waals surface area (Å²) in [5.74, 6) is -0.0841. The number of rotatable bonds is 7. The molecule has 3 N–H and O–H groups in total. The Morgan fingerprint density at radius 3 is 2.32 bits per heavy atom. The largest absolute Gasteiger partial charge is 0.324 e. The van der Waals surface area contributed by atoms with E-state index in [1.165, 1.54) is 9.87 Å². The van der Waals surface area contributed by atoms with Gasteiger partial charge in [-0.2, -0.15) is 0 Å². The maximum Gasteiger partial charge on any atom is 0.244 e. The fourth-order valence-corrected chi connectivity index (χ4v) is 4.58. The Kier molecular flexibility index (Phi) is 6.59. The van der Waals surface area contributed by atoms with Crippen LogP contribution in [0, 0.1) is 0 Å². The van der Waals surface area contributed by atoms with Crippen molar-refractivity contribution in [3.63, 3.8) is 0 Å². The Balaban J connectivity index is 1.95. The van der Waals surface area contributed by atoms with Crippen molar-refractivity contribution in [3.05, 3.63) is 29.8 Å². The van der Waals surface area contributed by atoms with Gasteiger partial charge in [0.15, 0.2) is 0 Å². The highest BCUT2D eigenvalue weighted by Crippen LogP contribution is 2.24. The molecule has 1 aliphatic rings. The SMILES string of the molecule is CCCCS(=O)(=O)N1CCC(N)(C(=O)Nc2ccc(CC)cc2)CC1. The van der Waals surface area contributed by atoms with E-state index in [2.05, 4.69) is 12.2 Å². The van der Waals surface area contributed by atoms with E-state index >= 15 is 0 Å². The Bertz CT molecular complexity index is 678. The van der Waals surface area contributed by atoms with Crippen LogP contribution in [0.4, 0.5) is 5.69 Å². The van der Waals surface area contributed by atoms with Crippen LogP contribution in [-0.4, -0.2) is 43.0 Å². The van der Waals surface area contributed by atoms with E-state index in [9.17, 15) is 13.2 Å². The van der Waals surface area contributed by atoms with Gasteiger partial charge in [-0.1, -0.05) is 32.4 Å². The minimum atomic E-state index is -3.24. The smallest absolute Gasteiger partial charge is 0.244 e. The van der Waals surface area contributed by atoms with E-state index in [1.54, 1.807) is 0 Å². The lowest BCUT2D eigenvalue weighted by Gasteiger charge is -2.37. The van der Waals surface area contributed by atoms with Gasteiger partial charge in [0.1, 0.15) is 0 Å². The lowest BCUT2D eigenvalue weighted by molar-refractivity contribution is -0.122. The molecule has 1 aromatic rings. The quantitative estimate of drug-likeness (QED) is 0.772. The van der Waals surface area contributed by atoms with Crippen molar-refractivity contribution in [2.24, 2.45) is 5.73 Å². The van der Waals surface area contributed by atoms with E-state index in [1.807, 2.05) is 31.2 Å². The predicted octanol–water partition coefficient (Wildman–Crippen LogP) is 2.11. The number of hydrogen-bond donors (Lipinski definition) is 2. The van der Waals surface area contributed by atoms with Crippen LogP contribution >= 0.6 is 0 Å². The number of carbonyl (C=O) groups excluding carboxylic acids is 1. The van der Waals surface area contributed by atoms with Gasteiger partial charge in [-0.05, 0) is 43.4 Å². The number of carbonyl (C=O) groups is 1. The first-order valence-electron chi connectivity index (χ1n) is 8.98. The molecule has 0 aliphatic carbocycles. The zero-order valence-electron chi connectivity index (χ0n) is 15.1. The Hall–Kier alpha value is -1.44. The molecule has 25 heavy (non-hydrogen) atoms. The summed E-state index contributed by atoms with van der Waals surface area (Å²) in [6.45, 7) is 4.63. The van der Waals surface area contributed by atoms with Crippen LogP contribution in [0.25, 0.3) is 0 Å². The van der Waals surface area contributed by atoms with Crippen LogP contribution in [0.2, 0.25) is 0 Å². The third-order valence-electron chi connectivity index (χ3n) is 4.84. The summed E-state index contributed by atoms with van der Waals surface area (Å²) in [5.41, 5.74) is 7.16. The summed E-state index contributed by atoms with van der Waals surface area (Å²) in [7, 11) is -3.24. The Morgan fingerprint density at radius 1 is 1.20 bits per heavy atom. The average Bonchev–Trinajstić information content (AvgIpc) is 2.61. The highest BCUT2D eigenvalue weighted by molar-refractivity contribution is 7.89. The Morgan fingerprint density at radius 2 is 1.80 bits per heavy atom. The van der Waals surface area contributed by atoms with Crippen LogP contribution in [0.1, 0.15) is 45.1 Å². The molecule has 1 heterocycles. The van der Waals surface area contributed by atoms with Gasteiger partial charge in [0.25, 0.3) is 0 Å². The highest BCUT2D eigenvalue weighted by Gasteiger charge is 2.40. The molecule has 6 nitrogen and oxygen atoms in total. The molecule has 0 unspecified atom stereocenters. The normalized spacial score (nSPS) is 18.0. The fourth-order valence-electron chi connectivity index (χ4n) is 2.93. The summed E-state index contributed by atoms with van der Waals surface area (Å²) >= 11 is 0. The second-order valence-corrected chi connectivity index (χ2v) is 8.82. The van der Waals surface area contributed by atoms with E-state index in [0.29, 0.717) is 38.0 Å². The number of nitrogens with zero attached hydrogens (tertiary/aromatic N) is 1. The number of amides is 1. The first-order valence-corrected chi connectivity index (χ1v) is 10.6. The number of nitrogens with two attached hydrogens (primary N) is 1. The van der Waals surface area contributed by atoms with Crippen molar-refractivity contribution >= 4 is 21.6 Å². The summed E-state index contributed by atoms with van der Waals surface area (Å²) < 4.78 is 26.0. The van der Waals surface area contributed by atoms with Gasteiger partial charge in [-0.3, -0.25) is 4.79 Å². The van der Waals surface area contributed by atoms with Crippen molar-refractivity contribution in [1.82, 2.24) is 4.31 Å². The van der Waals surface area contributed by atoms with Crippen molar-refractivity contribution in [2.75, 3.05) is 24.2 Å². The third kappa shape index (κ3) is 5.03. The van der Waals surface area contributed by atoms with Gasteiger partial charge in [0.05, 0.1) is 11.3 Å². The zero-order chi connectivity index (χ0) is 18.5. The van der Waals surface area contributed by atoms with Crippen LogP contribution < -0.4 is 11.1 Å². The molecular formula is C18H29N3O3S. The number of piperidine rings is 1. The van der Waals surface area contributed by atoms with Crippen LogP contribution in [0.15, 0.2) is 24.3 Å². The number of unbranched alkanes of at least 4 members (excludes halogenated alkanes) is 1. The van der Waals surface area contributed by atoms with Crippen molar-refractivity contribution in [3.8, 4) is 0 Å². The molecule has 1 aliphatic heterocycles. The minimum Gasteiger partial charge on any atom is -0.324 e. The number of anilines is 1. The molecule has 0 aromatic heterocycles. The molecule has 140 valence electrons. The van der Waals surface area contributed by atoms with Crippen molar-refractivity contribution in [2.45, 2.75) is 51.5 Å². The molecule has 0 radical (unpaired) electrons. The molecule has 1 aromatic carbocycles. The minimum absolute atomic E-state index is 0.164. The maximum absolute atomic E-state index is 12.6. The number of sulfonamides is 1. The lowest BCUT2D eigenvalue weighted by atomic mass is 9.88. The standard InChI is InChI=1S/C18H29N3O3S/c1-3-5-14-25(23,24)21-12-10-18(19,11-13-21)17(22)20-16-8-6-15(4-2)7-9-16/h6-9H,3-5,10-14,19H2,1-2H3,(H,20,22). The van der Waals surface area contributed by atoms with Crippen LogP contribution in [0.5, 0.6) is 0 Å². The second-order valence-electron chi connectivity index (χ2n) is 6.73. The number of benzene rings is 1. The average molecular weight is 368 g/mol. The fraction of sp³-hybridized carbons (Fsp3) is 0.611. The number of nitrogens with one attached hydrogen (secondary N) is 1. The van der Waals surface area contributed by atoms with Crippen molar-refractivity contribution < 1.29 is 13.2 Å². The predicted molar refractivity (Wildman–Crippen MR) is 101 cm³/mol. The molecule has 0 spiro atoms. The molecule has 7 heteroatoms. The molecule has 0 atom stereocenters. The van der Waals surface area contributed by atoms with Crippen molar-refractivity contribution in [1.29, 1.82) is 0 Å². The molecular weight excluding hydrogens is 338 g/mol. The van der Waals surface area contributed by atoms with Gasteiger partial charge >= 0.3 is 0 Å². The first kappa shape index (κ1) is 19.9. The molecule has 0 saturated carbocycles. The van der Waals surface area contributed by atoms with E-state index in [0.717, 1.165) is 12.8 Å². The summed E-state index contributed by atoms with van der Waals surface area (Å²) in [6.07, 6.45) is 3.10. The number of hydrogen-bond acceptors (Lipinski definition) is 4. The second kappa shape index (κ2) is 8.29. The number of aryl methyl sites for hydroxylation is 1.